The van der Waals surface area contributed by atoms with Crippen molar-refractivity contribution in [1.29, 1.82) is 0 Å². The lowest BCUT2D eigenvalue weighted by Gasteiger charge is -2.23. The van der Waals surface area contributed by atoms with Crippen molar-refractivity contribution in [1.82, 2.24) is 10.6 Å². The van der Waals surface area contributed by atoms with Gasteiger partial charge in [0.25, 0.3) is 0 Å². The van der Waals surface area contributed by atoms with Crippen molar-refractivity contribution < 1.29 is 18.6 Å². The molecule has 0 amide bonds. The summed E-state index contributed by atoms with van der Waals surface area (Å²) in [6.07, 6.45) is 0. The highest BCUT2D eigenvalue weighted by Gasteiger charge is 2.24. The molecule has 0 spiro atoms. The molecule has 0 saturated carbocycles. The van der Waals surface area contributed by atoms with Crippen molar-refractivity contribution in [2.24, 2.45) is 4.99 Å². The van der Waals surface area contributed by atoms with Crippen LogP contribution in [-0.4, -0.2) is 30.8 Å². The van der Waals surface area contributed by atoms with E-state index in [0.717, 1.165) is 4.88 Å². The summed E-state index contributed by atoms with van der Waals surface area (Å²) in [5, 5.41) is 19.0. The number of thiophene rings is 1. The average Bonchev–Trinajstić information content (AvgIpc) is 3.14. The van der Waals surface area contributed by atoms with Crippen LogP contribution in [0.2, 0.25) is 5.02 Å². The number of ether oxygens (including phenoxy) is 1. The molecule has 3 N–H and O–H groups in total. The summed E-state index contributed by atoms with van der Waals surface area (Å²) in [6, 6.07) is 8.14. The highest BCUT2D eigenvalue weighted by atomic mass is 127. The van der Waals surface area contributed by atoms with Crippen molar-refractivity contribution in [3.8, 4) is 5.75 Å². The predicted molar refractivity (Wildman–Crippen MR) is 120 cm³/mol. The first-order chi connectivity index (χ1) is 12.8. The molecule has 2 rings (SSSR count). The van der Waals surface area contributed by atoms with Gasteiger partial charge in [0.15, 0.2) is 5.96 Å². The van der Waals surface area contributed by atoms with Gasteiger partial charge >= 0.3 is 6.61 Å². The van der Waals surface area contributed by atoms with E-state index >= 15 is 0 Å². The lowest BCUT2D eigenvalue weighted by atomic mass is 10.1. The van der Waals surface area contributed by atoms with Gasteiger partial charge in [0.1, 0.15) is 11.4 Å². The summed E-state index contributed by atoms with van der Waals surface area (Å²) in [5.74, 6) is 0.469. The second kappa shape index (κ2) is 11.7. The highest BCUT2D eigenvalue weighted by molar-refractivity contribution is 14.0. The molecular weight excluding hydrogens is 523 g/mol. The zero-order valence-corrected chi connectivity index (χ0v) is 19.3. The monoisotopic (exact) mass is 545 g/mol. The van der Waals surface area contributed by atoms with E-state index in [9.17, 15) is 13.9 Å². The molecular formula is C18H23ClF2IN3O2S. The Hall–Kier alpha value is -1.17. The number of aliphatic imine (C=N–C) groups is 1. The van der Waals surface area contributed by atoms with Crippen LogP contribution in [0.25, 0.3) is 0 Å². The largest absolute Gasteiger partial charge is 0.434 e. The maximum Gasteiger partial charge on any atom is 0.387 e. The van der Waals surface area contributed by atoms with Crippen LogP contribution < -0.4 is 15.4 Å². The molecule has 1 unspecified atom stereocenters. The SMILES string of the molecule is CCNC(=NCc1cc(Cl)ccc1OC(F)F)NCC(C)(O)c1cccs1.I. The van der Waals surface area contributed by atoms with Gasteiger partial charge in [0.05, 0.1) is 13.1 Å². The standard InChI is InChI=1S/C18H22ClF2N3O2S.HI/c1-3-22-17(24-11-18(2,25)15-5-4-8-27-15)23-10-12-9-13(19)6-7-14(12)26-16(20)21;/h4-9,16,25H,3,10-11H2,1-2H3,(H2,22,23,24);1H. The molecule has 5 nitrogen and oxygen atoms in total. The first-order valence-corrected chi connectivity index (χ1v) is 9.59. The van der Waals surface area contributed by atoms with Crippen molar-refractivity contribution in [2.45, 2.75) is 32.6 Å². The average molecular weight is 546 g/mol. The number of aliphatic hydroxyl groups is 1. The summed E-state index contributed by atoms with van der Waals surface area (Å²) in [6.45, 7) is 1.60. The van der Waals surface area contributed by atoms with Crippen molar-refractivity contribution in [3.05, 3.63) is 51.2 Å². The van der Waals surface area contributed by atoms with E-state index < -0.39 is 12.2 Å². The number of rotatable bonds is 8. The maximum atomic E-state index is 12.6. The molecule has 0 radical (unpaired) electrons. The Labute approximate surface area is 189 Å². The highest BCUT2D eigenvalue weighted by Crippen LogP contribution is 2.26. The molecule has 0 bridgehead atoms. The van der Waals surface area contributed by atoms with Gasteiger partial charge in [-0.3, -0.25) is 0 Å². The summed E-state index contributed by atoms with van der Waals surface area (Å²) in [5.41, 5.74) is -0.630. The summed E-state index contributed by atoms with van der Waals surface area (Å²) in [7, 11) is 0. The van der Waals surface area contributed by atoms with Crippen LogP contribution in [-0.2, 0) is 12.1 Å². The Kier molecular flexibility index (Phi) is 10.4. The minimum Gasteiger partial charge on any atom is -0.434 e. The fourth-order valence-electron chi connectivity index (χ4n) is 2.32. The first-order valence-electron chi connectivity index (χ1n) is 8.33. The lowest BCUT2D eigenvalue weighted by molar-refractivity contribution is -0.0504. The third-order valence-corrected chi connectivity index (χ3v) is 5.00. The first kappa shape index (κ1) is 24.9. The van der Waals surface area contributed by atoms with Gasteiger partial charge in [0, 0.05) is 22.0 Å². The number of halogens is 4. The quantitative estimate of drug-likeness (QED) is 0.258. The number of nitrogens with zero attached hydrogens (tertiary/aromatic N) is 1. The van der Waals surface area contributed by atoms with Crippen molar-refractivity contribution >= 4 is 52.9 Å². The number of guanidine groups is 1. The molecule has 156 valence electrons. The van der Waals surface area contributed by atoms with E-state index in [1.807, 2.05) is 24.4 Å². The third-order valence-electron chi connectivity index (χ3n) is 3.64. The lowest BCUT2D eigenvalue weighted by Crippen LogP contribution is -2.44. The van der Waals surface area contributed by atoms with Crippen LogP contribution in [0.1, 0.15) is 24.3 Å². The number of alkyl halides is 2. The van der Waals surface area contributed by atoms with E-state index in [4.69, 9.17) is 11.6 Å². The molecule has 1 atom stereocenters. The van der Waals surface area contributed by atoms with Gasteiger partial charge in [-0.1, -0.05) is 17.7 Å². The Balaban J connectivity index is 0.00000392. The fourth-order valence-corrected chi connectivity index (χ4v) is 3.30. The Morgan fingerprint density at radius 3 is 2.71 bits per heavy atom. The Bertz CT molecular complexity index is 761. The van der Waals surface area contributed by atoms with Crippen LogP contribution in [0.4, 0.5) is 8.78 Å². The number of nitrogens with one attached hydrogen (secondary N) is 2. The van der Waals surface area contributed by atoms with Gasteiger partial charge in [-0.25, -0.2) is 4.99 Å². The van der Waals surface area contributed by atoms with E-state index in [-0.39, 0.29) is 42.8 Å². The number of benzene rings is 1. The maximum absolute atomic E-state index is 12.6. The van der Waals surface area contributed by atoms with E-state index in [1.54, 1.807) is 6.92 Å². The molecule has 0 aliphatic rings. The van der Waals surface area contributed by atoms with E-state index in [2.05, 4.69) is 20.4 Å². The summed E-state index contributed by atoms with van der Waals surface area (Å²) in [4.78, 5) is 5.21. The molecule has 0 saturated heterocycles. The summed E-state index contributed by atoms with van der Waals surface area (Å²) >= 11 is 7.42. The van der Waals surface area contributed by atoms with Crippen LogP contribution in [0.5, 0.6) is 5.75 Å². The normalized spacial score (nSPS) is 13.6. The second-order valence-corrected chi connectivity index (χ2v) is 7.31. The van der Waals surface area contributed by atoms with Gasteiger partial charge < -0.3 is 20.5 Å². The Morgan fingerprint density at radius 2 is 2.11 bits per heavy atom. The summed E-state index contributed by atoms with van der Waals surface area (Å²) < 4.78 is 29.6. The third kappa shape index (κ3) is 7.69. The van der Waals surface area contributed by atoms with Gasteiger partial charge in [-0.15, -0.1) is 35.3 Å². The molecule has 10 heteroatoms. The molecule has 1 heterocycles. The molecule has 28 heavy (non-hydrogen) atoms. The van der Waals surface area contributed by atoms with Crippen LogP contribution in [0.15, 0.2) is 40.7 Å². The topological polar surface area (TPSA) is 65.9 Å². The van der Waals surface area contributed by atoms with Crippen molar-refractivity contribution in [2.75, 3.05) is 13.1 Å². The zero-order valence-electron chi connectivity index (χ0n) is 15.4. The van der Waals surface area contributed by atoms with E-state index in [1.165, 1.54) is 29.5 Å². The minimum absolute atomic E-state index is 0. The smallest absolute Gasteiger partial charge is 0.387 e. The fraction of sp³-hybridized carbons (Fsp3) is 0.389. The van der Waals surface area contributed by atoms with Gasteiger partial charge in [0.2, 0.25) is 0 Å². The van der Waals surface area contributed by atoms with Gasteiger partial charge in [-0.2, -0.15) is 8.78 Å². The molecule has 0 aliphatic carbocycles. The van der Waals surface area contributed by atoms with E-state index in [0.29, 0.717) is 23.1 Å². The van der Waals surface area contributed by atoms with Crippen LogP contribution >= 0.6 is 46.9 Å². The molecule has 1 aromatic carbocycles. The van der Waals surface area contributed by atoms with Gasteiger partial charge in [-0.05, 0) is 43.5 Å². The molecule has 0 fully saturated rings. The number of hydrogen-bond acceptors (Lipinski definition) is 4. The van der Waals surface area contributed by atoms with Crippen LogP contribution in [0.3, 0.4) is 0 Å². The number of hydrogen-bond donors (Lipinski definition) is 3. The second-order valence-electron chi connectivity index (χ2n) is 5.93. The molecule has 2 aromatic rings. The molecule has 0 aliphatic heterocycles. The van der Waals surface area contributed by atoms with Crippen LogP contribution in [0, 0.1) is 0 Å². The zero-order chi connectivity index (χ0) is 19.9. The predicted octanol–water partition coefficient (Wildman–Crippen LogP) is 4.58. The van der Waals surface area contributed by atoms with Crippen molar-refractivity contribution in [3.63, 3.8) is 0 Å². The molecule has 1 aromatic heterocycles. The Morgan fingerprint density at radius 1 is 1.36 bits per heavy atom. The minimum atomic E-state index is -2.93.